The van der Waals surface area contributed by atoms with E-state index in [1.54, 1.807) is 0 Å². The van der Waals surface area contributed by atoms with Crippen LogP contribution in [0, 0.1) is 11.8 Å². The average Bonchev–Trinajstić information content (AvgIpc) is 2.85. The maximum atomic E-state index is 12.7. The van der Waals surface area contributed by atoms with Crippen molar-refractivity contribution in [1.82, 2.24) is 4.90 Å². The number of hydrogen-bond acceptors (Lipinski definition) is 3. The number of carbonyl (C=O) groups is 1. The van der Waals surface area contributed by atoms with E-state index in [-0.39, 0.29) is 17.2 Å². The zero-order valence-corrected chi connectivity index (χ0v) is 14.4. The van der Waals surface area contributed by atoms with Gasteiger partial charge in [-0.3, -0.25) is 9.69 Å². The second-order valence-electron chi connectivity index (χ2n) is 8.25. The van der Waals surface area contributed by atoms with Crippen LogP contribution in [0.5, 0.6) is 0 Å². The highest BCUT2D eigenvalue weighted by atomic mass is 28.3. The van der Waals surface area contributed by atoms with Gasteiger partial charge in [-0.05, 0) is 45.4 Å². The Hall–Kier alpha value is -0.453. The second-order valence-corrected chi connectivity index (χ2v) is 13.3. The molecule has 112 valence electrons. The summed E-state index contributed by atoms with van der Waals surface area (Å²) in [6.45, 7) is 6.95. The highest BCUT2D eigenvalue weighted by Gasteiger charge is 2.70. The smallest absolute Gasteiger partial charge is 0.163 e. The number of aliphatic hydroxyl groups is 1. The predicted octanol–water partition coefficient (Wildman–Crippen LogP) is 2.22. The molecule has 0 aliphatic heterocycles. The van der Waals surface area contributed by atoms with Gasteiger partial charge in [0, 0.05) is 0 Å². The first kappa shape index (κ1) is 14.5. The van der Waals surface area contributed by atoms with E-state index in [1.165, 1.54) is 5.20 Å². The summed E-state index contributed by atoms with van der Waals surface area (Å²) >= 11 is 0. The van der Waals surface area contributed by atoms with E-state index in [1.807, 2.05) is 6.08 Å². The fourth-order valence-corrected chi connectivity index (χ4v) is 7.64. The molecular weight excluding hydrogens is 266 g/mol. The largest absolute Gasteiger partial charge is 0.389 e. The summed E-state index contributed by atoms with van der Waals surface area (Å²) in [4.78, 5) is 15.0. The molecule has 0 aromatic carbocycles. The van der Waals surface area contributed by atoms with Crippen molar-refractivity contribution in [2.24, 2.45) is 11.8 Å². The van der Waals surface area contributed by atoms with Crippen LogP contribution in [0.15, 0.2) is 11.3 Å². The monoisotopic (exact) mass is 293 g/mol. The van der Waals surface area contributed by atoms with Crippen molar-refractivity contribution in [3.8, 4) is 0 Å². The van der Waals surface area contributed by atoms with Crippen molar-refractivity contribution >= 4 is 13.9 Å². The number of rotatable bonds is 2. The molecule has 0 bridgehead atoms. The quantitative estimate of drug-likeness (QED) is 0.794. The SMILES string of the molecule is CN(C)[C@@]12C[C@H]3CCC[C@@]3(O)[C@@H]1C(=O)C=C2[Si](C)(C)C. The molecule has 0 saturated heterocycles. The molecule has 0 aromatic heterocycles. The van der Waals surface area contributed by atoms with Gasteiger partial charge in [-0.2, -0.15) is 0 Å². The number of nitrogens with zero attached hydrogens (tertiary/aromatic N) is 1. The minimum Gasteiger partial charge on any atom is -0.389 e. The number of allylic oxidation sites excluding steroid dienone is 1. The lowest BCUT2D eigenvalue weighted by molar-refractivity contribution is -0.129. The first-order valence-corrected chi connectivity index (χ1v) is 11.3. The molecule has 4 atom stereocenters. The first-order chi connectivity index (χ1) is 9.14. The summed E-state index contributed by atoms with van der Waals surface area (Å²) < 4.78 is 0. The van der Waals surface area contributed by atoms with E-state index in [9.17, 15) is 9.90 Å². The normalized spacial score (nSPS) is 44.0. The fourth-order valence-electron chi connectivity index (χ4n) is 5.30. The molecule has 0 spiro atoms. The van der Waals surface area contributed by atoms with Crippen molar-refractivity contribution in [2.45, 2.75) is 56.5 Å². The highest BCUT2D eigenvalue weighted by molar-refractivity contribution is 6.84. The lowest BCUT2D eigenvalue weighted by atomic mass is 9.79. The van der Waals surface area contributed by atoms with Crippen LogP contribution < -0.4 is 0 Å². The fraction of sp³-hybridized carbons (Fsp3) is 0.812. The number of fused-ring (bicyclic) bond motifs is 3. The van der Waals surface area contributed by atoms with Gasteiger partial charge in [-0.25, -0.2) is 0 Å². The van der Waals surface area contributed by atoms with Crippen LogP contribution in [0.2, 0.25) is 19.6 Å². The lowest BCUT2D eigenvalue weighted by Crippen LogP contribution is -2.56. The molecule has 4 heteroatoms. The molecule has 0 radical (unpaired) electrons. The van der Waals surface area contributed by atoms with Crippen molar-refractivity contribution in [1.29, 1.82) is 0 Å². The van der Waals surface area contributed by atoms with Gasteiger partial charge < -0.3 is 5.11 Å². The molecule has 0 heterocycles. The van der Waals surface area contributed by atoms with Crippen LogP contribution in [0.25, 0.3) is 0 Å². The highest BCUT2D eigenvalue weighted by Crippen LogP contribution is 2.62. The van der Waals surface area contributed by atoms with E-state index >= 15 is 0 Å². The molecule has 3 rings (SSSR count). The number of ketones is 1. The van der Waals surface area contributed by atoms with E-state index < -0.39 is 13.7 Å². The number of carbonyl (C=O) groups excluding carboxylic acids is 1. The molecular formula is C16H27NO2Si. The van der Waals surface area contributed by atoms with Gasteiger partial charge in [0.15, 0.2) is 5.78 Å². The summed E-state index contributed by atoms with van der Waals surface area (Å²) in [6, 6.07) is 0. The molecule has 3 aliphatic rings. The zero-order valence-electron chi connectivity index (χ0n) is 13.4. The van der Waals surface area contributed by atoms with E-state index in [4.69, 9.17) is 0 Å². The van der Waals surface area contributed by atoms with Crippen molar-refractivity contribution in [3.63, 3.8) is 0 Å². The minimum absolute atomic E-state index is 0.183. The van der Waals surface area contributed by atoms with Crippen LogP contribution in [-0.4, -0.2) is 49.1 Å². The molecule has 0 aromatic rings. The van der Waals surface area contributed by atoms with Crippen LogP contribution in [0.3, 0.4) is 0 Å². The lowest BCUT2D eigenvalue weighted by Gasteiger charge is -2.45. The number of hydrogen-bond donors (Lipinski definition) is 1. The zero-order chi connectivity index (χ0) is 14.9. The van der Waals surface area contributed by atoms with Gasteiger partial charge >= 0.3 is 0 Å². The first-order valence-electron chi connectivity index (χ1n) is 7.80. The molecule has 2 saturated carbocycles. The standard InChI is InChI=1S/C16H27NO2Si/c1-17(2)15-10-11-7-6-8-16(11,19)14(15)12(18)9-13(15)20(3,4)5/h9,11,14,19H,6-8,10H2,1-5H3/t11-,14-,15-,16+/m1/s1. The van der Waals surface area contributed by atoms with Gasteiger partial charge in [-0.1, -0.05) is 31.3 Å². The van der Waals surface area contributed by atoms with Gasteiger partial charge in [0.1, 0.15) is 0 Å². The Morgan fingerprint density at radius 3 is 2.55 bits per heavy atom. The van der Waals surface area contributed by atoms with Gasteiger partial charge in [0.05, 0.1) is 25.1 Å². The molecule has 0 unspecified atom stereocenters. The summed E-state index contributed by atoms with van der Waals surface area (Å²) in [6.07, 6.45) is 5.81. The van der Waals surface area contributed by atoms with Gasteiger partial charge in [-0.15, -0.1) is 0 Å². The Morgan fingerprint density at radius 2 is 2.00 bits per heavy atom. The van der Waals surface area contributed by atoms with E-state index in [2.05, 4.69) is 38.6 Å². The van der Waals surface area contributed by atoms with Crippen molar-refractivity contribution < 1.29 is 9.90 Å². The average molecular weight is 293 g/mol. The van der Waals surface area contributed by atoms with Crippen LogP contribution in [-0.2, 0) is 4.79 Å². The second kappa shape index (κ2) is 4.05. The van der Waals surface area contributed by atoms with Crippen molar-refractivity contribution in [2.75, 3.05) is 14.1 Å². The Balaban J connectivity index is 2.16. The maximum absolute atomic E-state index is 12.7. The van der Waals surface area contributed by atoms with Gasteiger partial charge in [0.25, 0.3) is 0 Å². The summed E-state index contributed by atoms with van der Waals surface area (Å²) in [5.74, 6) is 0.265. The molecule has 20 heavy (non-hydrogen) atoms. The number of likely N-dealkylation sites (N-methyl/N-ethyl adjacent to an activating group) is 1. The Morgan fingerprint density at radius 1 is 1.35 bits per heavy atom. The van der Waals surface area contributed by atoms with E-state index in [0.29, 0.717) is 5.92 Å². The molecule has 3 aliphatic carbocycles. The Bertz CT molecular complexity index is 493. The Labute approximate surface area is 123 Å². The third-order valence-electron chi connectivity index (χ3n) is 6.02. The van der Waals surface area contributed by atoms with Gasteiger partial charge in [0.2, 0.25) is 0 Å². The minimum atomic E-state index is -1.58. The van der Waals surface area contributed by atoms with E-state index in [0.717, 1.165) is 25.7 Å². The topological polar surface area (TPSA) is 40.5 Å². The van der Waals surface area contributed by atoms with Crippen molar-refractivity contribution in [3.05, 3.63) is 11.3 Å². The maximum Gasteiger partial charge on any atom is 0.163 e. The van der Waals surface area contributed by atoms with Crippen LogP contribution in [0.1, 0.15) is 25.7 Å². The Kier molecular flexibility index (Phi) is 2.93. The summed E-state index contributed by atoms with van der Waals surface area (Å²) in [5.41, 5.74) is -0.958. The molecule has 3 nitrogen and oxygen atoms in total. The molecule has 2 fully saturated rings. The summed E-state index contributed by atoms with van der Waals surface area (Å²) in [7, 11) is 2.59. The van der Waals surface area contributed by atoms with Crippen LogP contribution in [0.4, 0.5) is 0 Å². The van der Waals surface area contributed by atoms with Crippen LogP contribution >= 0.6 is 0 Å². The molecule has 1 N–H and O–H groups in total. The summed E-state index contributed by atoms with van der Waals surface area (Å²) in [5, 5.41) is 12.6. The molecule has 0 amide bonds. The predicted molar refractivity (Wildman–Crippen MR) is 83.3 cm³/mol. The third-order valence-corrected chi connectivity index (χ3v) is 8.21. The third kappa shape index (κ3) is 1.56.